The van der Waals surface area contributed by atoms with E-state index < -0.39 is 12.8 Å². The number of hydrogen-bond acceptors (Lipinski definition) is 2. The average molecular weight is 330 g/mol. The van der Waals surface area contributed by atoms with E-state index in [1.807, 2.05) is 30.3 Å². The Balaban J connectivity index is 1.96. The molecule has 2 aromatic carbocycles. The first-order valence-corrected chi connectivity index (χ1v) is 8.80. The van der Waals surface area contributed by atoms with Gasteiger partial charge in [-0.15, -0.1) is 0 Å². The molecule has 0 atom stereocenters. The summed E-state index contributed by atoms with van der Waals surface area (Å²) in [6.45, 7) is 0.248. The van der Waals surface area contributed by atoms with Gasteiger partial charge in [-0.05, 0) is 22.4 Å². The zero-order valence-electron chi connectivity index (χ0n) is 11.9. The number of ether oxygens (including phenoxy) is 2. The highest BCUT2D eigenvalue weighted by atomic mass is 32.2. The van der Waals surface area contributed by atoms with E-state index in [1.54, 1.807) is 6.07 Å². The van der Waals surface area contributed by atoms with Gasteiger partial charge in [-0.3, -0.25) is 0 Å². The van der Waals surface area contributed by atoms with Crippen LogP contribution >= 0.6 is 10.9 Å². The maximum atomic E-state index is 12.4. The highest BCUT2D eigenvalue weighted by Crippen LogP contribution is 2.44. The molecule has 3 rings (SSSR count). The molecule has 0 spiro atoms. The Morgan fingerprint density at radius 2 is 1.68 bits per heavy atom. The quantitative estimate of drug-likeness (QED) is 0.852. The molecule has 22 heavy (non-hydrogen) atoms. The number of alkyl halides is 3. The molecule has 0 N–H and O–H groups in total. The van der Waals surface area contributed by atoms with Gasteiger partial charge < -0.3 is 9.47 Å². The predicted octanol–water partition coefficient (Wildman–Crippen LogP) is 4.17. The van der Waals surface area contributed by atoms with Crippen molar-refractivity contribution in [2.24, 2.45) is 0 Å². The molecule has 0 amide bonds. The second-order valence-corrected chi connectivity index (χ2v) is 7.59. The molecule has 2 nitrogen and oxygen atoms in total. The van der Waals surface area contributed by atoms with Crippen molar-refractivity contribution in [3.8, 4) is 5.75 Å². The van der Waals surface area contributed by atoms with E-state index in [9.17, 15) is 13.2 Å². The molecule has 1 aliphatic heterocycles. The Morgan fingerprint density at radius 3 is 2.36 bits per heavy atom. The van der Waals surface area contributed by atoms with E-state index in [4.69, 9.17) is 9.47 Å². The minimum atomic E-state index is -4.33. The van der Waals surface area contributed by atoms with Gasteiger partial charge in [-0.25, -0.2) is 10.9 Å². The third-order valence-corrected chi connectivity index (χ3v) is 6.12. The van der Waals surface area contributed by atoms with Crippen LogP contribution in [0.2, 0.25) is 0 Å². The normalized spacial score (nSPS) is 17.7. The summed E-state index contributed by atoms with van der Waals surface area (Å²) in [6.07, 6.45) is -4.33. The third-order valence-electron chi connectivity index (χ3n) is 3.60. The largest absolute Gasteiger partial charge is 0.483 e. The molecule has 0 radical (unpaired) electrons. The molecule has 1 heterocycles. The molecular weight excluding hydrogens is 313 g/mol. The molecule has 1 aliphatic rings. The SMILES string of the molecule is FC(F)(F)COc1ccc([SH]2CCOCC2)c2ccccc12. The van der Waals surface area contributed by atoms with Gasteiger partial charge in [0.2, 0.25) is 0 Å². The van der Waals surface area contributed by atoms with Crippen LogP contribution in [-0.4, -0.2) is 37.5 Å². The van der Waals surface area contributed by atoms with Gasteiger partial charge in [0.15, 0.2) is 6.61 Å². The van der Waals surface area contributed by atoms with Crippen LogP contribution in [-0.2, 0) is 4.74 Å². The van der Waals surface area contributed by atoms with Crippen LogP contribution in [0.25, 0.3) is 10.8 Å². The summed E-state index contributed by atoms with van der Waals surface area (Å²) < 4.78 is 47.5. The van der Waals surface area contributed by atoms with E-state index in [-0.39, 0.29) is 10.9 Å². The van der Waals surface area contributed by atoms with Crippen LogP contribution in [0.15, 0.2) is 41.3 Å². The van der Waals surface area contributed by atoms with Gasteiger partial charge in [-0.1, -0.05) is 24.3 Å². The molecule has 0 aromatic heterocycles. The molecular formula is C16H17F3O2S. The molecule has 6 heteroatoms. The van der Waals surface area contributed by atoms with Crippen LogP contribution in [0, 0.1) is 0 Å². The summed E-state index contributed by atoms with van der Waals surface area (Å²) >= 11 is 0. The maximum Gasteiger partial charge on any atom is 0.422 e. The lowest BCUT2D eigenvalue weighted by Gasteiger charge is -2.28. The summed E-state index contributed by atoms with van der Waals surface area (Å²) in [5.41, 5.74) is 0. The zero-order chi connectivity index (χ0) is 15.6. The van der Waals surface area contributed by atoms with Crippen LogP contribution in [0.5, 0.6) is 5.75 Å². The van der Waals surface area contributed by atoms with Crippen molar-refractivity contribution >= 4 is 21.7 Å². The topological polar surface area (TPSA) is 18.5 Å². The van der Waals surface area contributed by atoms with Crippen LogP contribution in [0.4, 0.5) is 13.2 Å². The average Bonchev–Trinajstić information content (AvgIpc) is 2.52. The van der Waals surface area contributed by atoms with Gasteiger partial charge in [0.1, 0.15) is 5.75 Å². The van der Waals surface area contributed by atoms with Crippen molar-refractivity contribution in [3.05, 3.63) is 36.4 Å². The lowest BCUT2D eigenvalue weighted by Crippen LogP contribution is -2.19. The summed E-state index contributed by atoms with van der Waals surface area (Å²) in [4.78, 5) is 1.23. The fraction of sp³-hybridized carbons (Fsp3) is 0.375. The van der Waals surface area contributed by atoms with Crippen molar-refractivity contribution in [1.29, 1.82) is 0 Å². The van der Waals surface area contributed by atoms with Crippen molar-refractivity contribution in [3.63, 3.8) is 0 Å². The van der Waals surface area contributed by atoms with Gasteiger partial charge in [-0.2, -0.15) is 13.2 Å². The maximum absolute atomic E-state index is 12.4. The summed E-state index contributed by atoms with van der Waals surface area (Å²) in [6, 6.07) is 11.1. The summed E-state index contributed by atoms with van der Waals surface area (Å²) in [7, 11) is -0.314. The first-order valence-electron chi connectivity index (χ1n) is 7.08. The monoisotopic (exact) mass is 330 g/mol. The summed E-state index contributed by atoms with van der Waals surface area (Å²) in [5.74, 6) is 2.30. The molecule has 0 aliphatic carbocycles. The smallest absolute Gasteiger partial charge is 0.422 e. The minimum Gasteiger partial charge on any atom is -0.483 e. The lowest BCUT2D eigenvalue weighted by molar-refractivity contribution is -0.153. The Kier molecular flexibility index (Phi) is 4.49. The van der Waals surface area contributed by atoms with E-state index in [0.29, 0.717) is 5.75 Å². The predicted molar refractivity (Wildman–Crippen MR) is 83.3 cm³/mol. The molecule has 0 unspecified atom stereocenters. The minimum absolute atomic E-state index is 0.292. The number of thiol groups is 1. The van der Waals surface area contributed by atoms with E-state index in [2.05, 4.69) is 0 Å². The van der Waals surface area contributed by atoms with Gasteiger partial charge in [0.05, 0.1) is 13.2 Å². The van der Waals surface area contributed by atoms with E-state index in [1.165, 1.54) is 4.90 Å². The van der Waals surface area contributed by atoms with Crippen molar-refractivity contribution in [2.75, 3.05) is 31.3 Å². The second kappa shape index (κ2) is 6.38. The molecule has 2 aromatic rings. The van der Waals surface area contributed by atoms with Gasteiger partial charge in [0.25, 0.3) is 0 Å². The lowest BCUT2D eigenvalue weighted by atomic mass is 10.1. The highest BCUT2D eigenvalue weighted by molar-refractivity contribution is 8.17. The number of hydrogen-bond donors (Lipinski definition) is 1. The molecule has 0 saturated carbocycles. The number of halogens is 3. The Morgan fingerprint density at radius 1 is 1.00 bits per heavy atom. The second-order valence-electron chi connectivity index (χ2n) is 5.13. The number of rotatable bonds is 3. The van der Waals surface area contributed by atoms with Crippen molar-refractivity contribution < 1.29 is 22.6 Å². The highest BCUT2D eigenvalue weighted by Gasteiger charge is 2.29. The van der Waals surface area contributed by atoms with E-state index >= 15 is 0 Å². The molecule has 1 fully saturated rings. The number of benzene rings is 2. The van der Waals surface area contributed by atoms with Crippen molar-refractivity contribution in [1.82, 2.24) is 0 Å². The first-order chi connectivity index (χ1) is 10.5. The molecule has 1 saturated heterocycles. The summed E-state index contributed by atoms with van der Waals surface area (Å²) in [5, 5.41) is 1.74. The van der Waals surface area contributed by atoms with Gasteiger partial charge in [0, 0.05) is 16.9 Å². The first kappa shape index (κ1) is 15.5. The standard InChI is InChI=1S/C16H17F3O2S/c17-16(18,19)11-21-14-5-6-15(22-9-7-20-8-10-22)13-4-2-1-3-12(13)14/h1-6,22H,7-11H2. The Labute approximate surface area is 129 Å². The number of fused-ring (bicyclic) bond motifs is 1. The van der Waals surface area contributed by atoms with Crippen LogP contribution in [0.3, 0.4) is 0 Å². The fourth-order valence-electron chi connectivity index (χ4n) is 2.62. The molecule has 120 valence electrons. The Bertz CT molecular complexity index is 651. The van der Waals surface area contributed by atoms with E-state index in [0.717, 1.165) is 35.5 Å². The third kappa shape index (κ3) is 3.50. The fourth-order valence-corrected chi connectivity index (χ4v) is 4.85. The molecule has 0 bridgehead atoms. The van der Waals surface area contributed by atoms with Crippen LogP contribution in [0.1, 0.15) is 0 Å². The van der Waals surface area contributed by atoms with Crippen molar-refractivity contribution in [2.45, 2.75) is 11.1 Å². The van der Waals surface area contributed by atoms with Crippen LogP contribution < -0.4 is 4.74 Å². The van der Waals surface area contributed by atoms with Gasteiger partial charge >= 0.3 is 6.18 Å². The zero-order valence-corrected chi connectivity index (χ0v) is 12.8. The Hall–Kier alpha value is -1.40.